The van der Waals surface area contributed by atoms with Crippen LogP contribution in [0.15, 0.2) is 18.2 Å². The number of Topliss-reactive ketones (excluding diaryl/α,β-unsaturated/α-hetero) is 1. The molecule has 0 radical (unpaired) electrons. The van der Waals surface area contributed by atoms with Crippen molar-refractivity contribution in [1.82, 2.24) is 0 Å². The van der Waals surface area contributed by atoms with E-state index < -0.39 is 0 Å². The van der Waals surface area contributed by atoms with Crippen molar-refractivity contribution in [2.45, 2.75) is 59.3 Å². The second-order valence-corrected chi connectivity index (χ2v) is 6.86. The summed E-state index contributed by atoms with van der Waals surface area (Å²) in [5.41, 5.74) is 3.43. The molecule has 1 heteroatoms. The maximum absolute atomic E-state index is 11.6. The molecule has 0 aliphatic carbocycles. The number of benzene rings is 1. The van der Waals surface area contributed by atoms with E-state index in [1.54, 1.807) is 6.92 Å². The Morgan fingerprint density at radius 1 is 0.824 bits per heavy atom. The lowest BCUT2D eigenvalue weighted by atomic mass is 9.79. The van der Waals surface area contributed by atoms with Crippen LogP contribution in [0.25, 0.3) is 0 Å². The highest BCUT2D eigenvalue weighted by Crippen LogP contribution is 2.30. The third kappa shape index (κ3) is 3.42. The van der Waals surface area contributed by atoms with E-state index in [0.29, 0.717) is 0 Å². The van der Waals surface area contributed by atoms with Gasteiger partial charge in [0.1, 0.15) is 0 Å². The van der Waals surface area contributed by atoms with Gasteiger partial charge in [0, 0.05) is 5.56 Å². The average molecular weight is 232 g/mol. The molecule has 0 saturated heterocycles. The summed E-state index contributed by atoms with van der Waals surface area (Å²) in [5.74, 6) is 0.140. The topological polar surface area (TPSA) is 17.1 Å². The molecule has 94 valence electrons. The van der Waals surface area contributed by atoms with Crippen molar-refractivity contribution < 1.29 is 4.79 Å². The molecular weight excluding hydrogens is 208 g/mol. The minimum atomic E-state index is 0.0749. The maximum Gasteiger partial charge on any atom is 0.159 e. The Morgan fingerprint density at radius 2 is 1.18 bits per heavy atom. The molecule has 0 aromatic heterocycles. The van der Waals surface area contributed by atoms with Crippen molar-refractivity contribution in [2.75, 3.05) is 0 Å². The number of carbonyl (C=O) groups excluding carboxylic acids is 1. The van der Waals surface area contributed by atoms with Gasteiger partial charge in [0.15, 0.2) is 5.78 Å². The summed E-state index contributed by atoms with van der Waals surface area (Å²) >= 11 is 0. The van der Waals surface area contributed by atoms with Crippen LogP contribution in [-0.4, -0.2) is 5.78 Å². The standard InChI is InChI=1S/C16H24O/c1-11(17)12-8-13(15(2,3)4)10-14(9-12)16(5,6)7/h8-10H,1-7H3. The van der Waals surface area contributed by atoms with E-state index in [1.165, 1.54) is 11.1 Å². The van der Waals surface area contributed by atoms with Gasteiger partial charge in [-0.1, -0.05) is 47.6 Å². The number of rotatable bonds is 1. The van der Waals surface area contributed by atoms with Crippen molar-refractivity contribution >= 4 is 5.78 Å². The Bertz CT molecular complexity index is 396. The highest BCUT2D eigenvalue weighted by Gasteiger charge is 2.21. The van der Waals surface area contributed by atoms with E-state index in [0.717, 1.165) is 5.56 Å². The van der Waals surface area contributed by atoms with Gasteiger partial charge in [0.25, 0.3) is 0 Å². The first-order valence-corrected chi connectivity index (χ1v) is 6.19. The van der Waals surface area contributed by atoms with Crippen LogP contribution in [-0.2, 0) is 10.8 Å². The summed E-state index contributed by atoms with van der Waals surface area (Å²) in [7, 11) is 0. The molecule has 1 rings (SSSR count). The van der Waals surface area contributed by atoms with Crippen LogP contribution in [0.4, 0.5) is 0 Å². The van der Waals surface area contributed by atoms with Gasteiger partial charge in [-0.15, -0.1) is 0 Å². The Kier molecular flexibility index (Phi) is 3.52. The predicted molar refractivity (Wildman–Crippen MR) is 73.8 cm³/mol. The molecular formula is C16H24O. The summed E-state index contributed by atoms with van der Waals surface area (Å²) in [5, 5.41) is 0. The van der Waals surface area contributed by atoms with Gasteiger partial charge < -0.3 is 0 Å². The van der Waals surface area contributed by atoms with Crippen molar-refractivity contribution in [3.8, 4) is 0 Å². The van der Waals surface area contributed by atoms with Crippen LogP contribution in [0.2, 0.25) is 0 Å². The van der Waals surface area contributed by atoms with Gasteiger partial charge in [-0.25, -0.2) is 0 Å². The summed E-state index contributed by atoms with van der Waals surface area (Å²) in [6.45, 7) is 14.7. The van der Waals surface area contributed by atoms with Crippen LogP contribution in [0.5, 0.6) is 0 Å². The van der Waals surface area contributed by atoms with Gasteiger partial charge in [-0.3, -0.25) is 4.79 Å². The number of ketones is 1. The van der Waals surface area contributed by atoms with Gasteiger partial charge >= 0.3 is 0 Å². The van der Waals surface area contributed by atoms with Gasteiger partial charge in [-0.05, 0) is 41.0 Å². The smallest absolute Gasteiger partial charge is 0.159 e. The molecule has 0 fully saturated rings. The van der Waals surface area contributed by atoms with Gasteiger partial charge in [0.2, 0.25) is 0 Å². The van der Waals surface area contributed by atoms with Crippen molar-refractivity contribution in [3.05, 3.63) is 34.9 Å². The molecule has 0 unspecified atom stereocenters. The van der Waals surface area contributed by atoms with Crippen molar-refractivity contribution in [3.63, 3.8) is 0 Å². The molecule has 0 atom stereocenters. The molecule has 0 bridgehead atoms. The molecule has 0 heterocycles. The first kappa shape index (κ1) is 14.0. The lowest BCUT2D eigenvalue weighted by Crippen LogP contribution is -2.17. The highest BCUT2D eigenvalue weighted by molar-refractivity contribution is 5.94. The first-order chi connectivity index (χ1) is 7.51. The number of carbonyl (C=O) groups is 1. The fourth-order valence-electron chi connectivity index (χ4n) is 1.70. The summed E-state index contributed by atoms with van der Waals surface area (Å²) < 4.78 is 0. The quantitative estimate of drug-likeness (QED) is 0.652. The van der Waals surface area contributed by atoms with E-state index in [2.05, 4.69) is 47.6 Å². The van der Waals surface area contributed by atoms with Crippen LogP contribution >= 0.6 is 0 Å². The van der Waals surface area contributed by atoms with Crippen LogP contribution < -0.4 is 0 Å². The van der Waals surface area contributed by atoms with E-state index in [1.807, 2.05) is 12.1 Å². The maximum atomic E-state index is 11.6. The van der Waals surface area contributed by atoms with E-state index in [4.69, 9.17) is 0 Å². The zero-order valence-corrected chi connectivity index (χ0v) is 12.1. The SMILES string of the molecule is CC(=O)c1cc(C(C)(C)C)cc(C(C)(C)C)c1. The second kappa shape index (κ2) is 4.29. The summed E-state index contributed by atoms with van der Waals surface area (Å²) in [6.07, 6.45) is 0. The van der Waals surface area contributed by atoms with Gasteiger partial charge in [0.05, 0.1) is 0 Å². The van der Waals surface area contributed by atoms with Crippen LogP contribution in [0.3, 0.4) is 0 Å². The molecule has 0 aliphatic rings. The minimum absolute atomic E-state index is 0.0749. The largest absolute Gasteiger partial charge is 0.295 e. The Labute approximate surface area is 105 Å². The van der Waals surface area contributed by atoms with E-state index in [-0.39, 0.29) is 16.6 Å². The Morgan fingerprint density at radius 3 is 1.41 bits per heavy atom. The molecule has 1 nitrogen and oxygen atoms in total. The fourth-order valence-corrected chi connectivity index (χ4v) is 1.70. The Hall–Kier alpha value is -1.11. The monoisotopic (exact) mass is 232 g/mol. The molecule has 0 aliphatic heterocycles. The molecule has 0 saturated carbocycles. The lowest BCUT2D eigenvalue weighted by Gasteiger charge is -2.25. The third-order valence-corrected chi connectivity index (χ3v) is 3.07. The lowest BCUT2D eigenvalue weighted by molar-refractivity contribution is 0.101. The average Bonchev–Trinajstić information content (AvgIpc) is 2.14. The van der Waals surface area contributed by atoms with Crippen LogP contribution in [0, 0.1) is 0 Å². The Balaban J connectivity index is 3.45. The zero-order chi connectivity index (χ0) is 13.4. The minimum Gasteiger partial charge on any atom is -0.295 e. The molecule has 1 aromatic rings. The first-order valence-electron chi connectivity index (χ1n) is 6.19. The summed E-state index contributed by atoms with van der Waals surface area (Å²) in [4.78, 5) is 11.6. The molecule has 0 N–H and O–H groups in total. The molecule has 1 aromatic carbocycles. The fraction of sp³-hybridized carbons (Fsp3) is 0.562. The van der Waals surface area contributed by atoms with Crippen LogP contribution in [0.1, 0.15) is 70.0 Å². The molecule has 0 amide bonds. The summed E-state index contributed by atoms with van der Waals surface area (Å²) in [6, 6.07) is 6.28. The van der Waals surface area contributed by atoms with Crippen molar-refractivity contribution in [2.24, 2.45) is 0 Å². The normalized spacial score (nSPS) is 12.6. The number of hydrogen-bond acceptors (Lipinski definition) is 1. The predicted octanol–water partition coefficient (Wildman–Crippen LogP) is 4.48. The van der Waals surface area contributed by atoms with E-state index in [9.17, 15) is 4.79 Å². The zero-order valence-electron chi connectivity index (χ0n) is 12.1. The highest BCUT2D eigenvalue weighted by atomic mass is 16.1. The van der Waals surface area contributed by atoms with Crippen molar-refractivity contribution in [1.29, 1.82) is 0 Å². The molecule has 17 heavy (non-hydrogen) atoms. The molecule has 0 spiro atoms. The van der Waals surface area contributed by atoms with E-state index >= 15 is 0 Å². The third-order valence-electron chi connectivity index (χ3n) is 3.07. The number of hydrogen-bond donors (Lipinski definition) is 0. The van der Waals surface area contributed by atoms with Gasteiger partial charge in [-0.2, -0.15) is 0 Å². The second-order valence-electron chi connectivity index (χ2n) is 6.86.